The van der Waals surface area contributed by atoms with E-state index in [0.29, 0.717) is 25.5 Å². The van der Waals surface area contributed by atoms with Crippen molar-refractivity contribution >= 4 is 5.82 Å². The molecule has 0 radical (unpaired) electrons. The van der Waals surface area contributed by atoms with Crippen molar-refractivity contribution in [2.45, 2.75) is 19.6 Å². The van der Waals surface area contributed by atoms with Gasteiger partial charge < -0.3 is 9.64 Å². The first-order valence-electron chi connectivity index (χ1n) is 7.62. The van der Waals surface area contributed by atoms with Gasteiger partial charge in [-0.1, -0.05) is 12.1 Å². The number of anilines is 1. The molecule has 0 unspecified atom stereocenters. The van der Waals surface area contributed by atoms with Gasteiger partial charge in [-0.3, -0.25) is 4.68 Å². The Balaban J connectivity index is 1.57. The highest BCUT2D eigenvalue weighted by Crippen LogP contribution is 2.31. The molecule has 1 aromatic carbocycles. The topological polar surface area (TPSA) is 56.1 Å². The zero-order valence-electron chi connectivity index (χ0n) is 13.2. The fraction of sp³-hybridized carbons (Fsp3) is 0.235. The zero-order chi connectivity index (χ0) is 16.5. The molecule has 0 fully saturated rings. The Morgan fingerprint density at radius 2 is 1.92 bits per heavy atom. The molecule has 0 bridgehead atoms. The van der Waals surface area contributed by atoms with Gasteiger partial charge in [0, 0.05) is 24.5 Å². The standard InChI is InChI=1S/C17H16FN5O/c1-24-17-16(19-6-7-20-17)22-10-13-8-21-23(15(13)11-22)9-12-2-4-14(18)5-3-12/h2-8H,9-11H2,1H3. The maximum atomic E-state index is 13.0. The molecule has 0 spiro atoms. The van der Waals surface area contributed by atoms with E-state index in [1.807, 2.05) is 10.9 Å². The van der Waals surface area contributed by atoms with Crippen LogP contribution in [0.3, 0.4) is 0 Å². The van der Waals surface area contributed by atoms with Crippen LogP contribution in [0.5, 0.6) is 5.88 Å². The molecule has 0 N–H and O–H groups in total. The fourth-order valence-electron chi connectivity index (χ4n) is 2.93. The average Bonchev–Trinajstić information content (AvgIpc) is 3.19. The molecule has 0 atom stereocenters. The van der Waals surface area contributed by atoms with E-state index in [1.165, 1.54) is 12.1 Å². The normalized spacial score (nSPS) is 13.2. The van der Waals surface area contributed by atoms with E-state index in [9.17, 15) is 4.39 Å². The maximum Gasteiger partial charge on any atom is 0.257 e. The van der Waals surface area contributed by atoms with Crippen molar-refractivity contribution in [1.82, 2.24) is 19.7 Å². The fourth-order valence-corrected chi connectivity index (χ4v) is 2.93. The summed E-state index contributed by atoms with van der Waals surface area (Å²) in [6.45, 7) is 2.01. The van der Waals surface area contributed by atoms with Gasteiger partial charge in [-0.05, 0) is 17.7 Å². The van der Waals surface area contributed by atoms with Crippen molar-refractivity contribution in [1.29, 1.82) is 0 Å². The highest BCUT2D eigenvalue weighted by Gasteiger charge is 2.27. The van der Waals surface area contributed by atoms with Gasteiger partial charge >= 0.3 is 0 Å². The van der Waals surface area contributed by atoms with Crippen LogP contribution < -0.4 is 9.64 Å². The summed E-state index contributed by atoms with van der Waals surface area (Å²) >= 11 is 0. The highest BCUT2D eigenvalue weighted by atomic mass is 19.1. The van der Waals surface area contributed by atoms with E-state index in [0.717, 1.165) is 22.6 Å². The van der Waals surface area contributed by atoms with E-state index < -0.39 is 0 Å². The molecule has 24 heavy (non-hydrogen) atoms. The van der Waals surface area contributed by atoms with Gasteiger partial charge in [0.25, 0.3) is 5.88 Å². The predicted molar refractivity (Wildman–Crippen MR) is 86.2 cm³/mol. The molecule has 0 saturated heterocycles. The maximum absolute atomic E-state index is 13.0. The van der Waals surface area contributed by atoms with Crippen LogP contribution in [-0.4, -0.2) is 26.9 Å². The number of benzene rings is 1. The Morgan fingerprint density at radius 3 is 2.71 bits per heavy atom. The number of hydrogen-bond donors (Lipinski definition) is 0. The minimum atomic E-state index is -0.231. The highest BCUT2D eigenvalue weighted by molar-refractivity contribution is 5.51. The van der Waals surface area contributed by atoms with Crippen molar-refractivity contribution in [3.63, 3.8) is 0 Å². The van der Waals surface area contributed by atoms with E-state index in [4.69, 9.17) is 4.74 Å². The van der Waals surface area contributed by atoms with E-state index in [1.54, 1.807) is 31.6 Å². The number of rotatable bonds is 4. The summed E-state index contributed by atoms with van der Waals surface area (Å²) in [5, 5.41) is 4.46. The molecule has 3 heterocycles. The Kier molecular flexibility index (Phi) is 3.60. The van der Waals surface area contributed by atoms with Crippen LogP contribution in [0.2, 0.25) is 0 Å². The van der Waals surface area contributed by atoms with Crippen molar-refractivity contribution in [2.75, 3.05) is 12.0 Å². The second kappa shape index (κ2) is 5.92. The van der Waals surface area contributed by atoms with E-state index >= 15 is 0 Å². The van der Waals surface area contributed by atoms with Crippen LogP contribution >= 0.6 is 0 Å². The van der Waals surface area contributed by atoms with E-state index in [2.05, 4.69) is 20.0 Å². The first kappa shape index (κ1) is 14.6. The Labute approximate surface area is 138 Å². The number of hydrogen-bond acceptors (Lipinski definition) is 5. The molecule has 0 amide bonds. The Bertz CT molecular complexity index is 862. The van der Waals surface area contributed by atoms with Gasteiger partial charge in [0.05, 0.1) is 32.1 Å². The summed E-state index contributed by atoms with van der Waals surface area (Å²) in [4.78, 5) is 10.7. The second-order valence-corrected chi connectivity index (χ2v) is 5.65. The van der Waals surface area contributed by atoms with Crippen molar-refractivity contribution in [2.24, 2.45) is 0 Å². The Hall–Kier alpha value is -2.96. The van der Waals surface area contributed by atoms with Crippen LogP contribution in [0, 0.1) is 5.82 Å². The summed E-state index contributed by atoms with van der Waals surface area (Å²) < 4.78 is 20.3. The van der Waals surface area contributed by atoms with Crippen molar-refractivity contribution < 1.29 is 9.13 Å². The smallest absolute Gasteiger partial charge is 0.257 e. The van der Waals surface area contributed by atoms with Gasteiger partial charge in [-0.25, -0.2) is 14.4 Å². The number of aromatic nitrogens is 4. The number of nitrogens with zero attached hydrogens (tertiary/aromatic N) is 5. The third-order valence-corrected chi connectivity index (χ3v) is 4.12. The predicted octanol–water partition coefficient (Wildman–Crippen LogP) is 2.39. The number of ether oxygens (including phenoxy) is 1. The Morgan fingerprint density at radius 1 is 1.12 bits per heavy atom. The molecule has 2 aromatic heterocycles. The quantitative estimate of drug-likeness (QED) is 0.737. The summed E-state index contributed by atoms with van der Waals surface area (Å²) in [5.41, 5.74) is 3.30. The lowest BCUT2D eigenvalue weighted by molar-refractivity contribution is 0.395. The van der Waals surface area contributed by atoms with Gasteiger partial charge in [0.2, 0.25) is 0 Å². The van der Waals surface area contributed by atoms with Gasteiger partial charge in [0.15, 0.2) is 5.82 Å². The molecule has 4 rings (SSSR count). The van der Waals surface area contributed by atoms with Crippen LogP contribution in [-0.2, 0) is 19.6 Å². The molecule has 6 nitrogen and oxygen atoms in total. The molecule has 7 heteroatoms. The SMILES string of the molecule is COc1nccnc1N1Cc2cnn(Cc3ccc(F)cc3)c2C1. The third-order valence-electron chi connectivity index (χ3n) is 4.12. The zero-order valence-corrected chi connectivity index (χ0v) is 13.2. The summed E-state index contributed by atoms with van der Waals surface area (Å²) in [7, 11) is 1.59. The lowest BCUT2D eigenvalue weighted by Crippen LogP contribution is -2.19. The van der Waals surface area contributed by atoms with Crippen LogP contribution in [0.25, 0.3) is 0 Å². The lowest BCUT2D eigenvalue weighted by Gasteiger charge is -2.18. The van der Waals surface area contributed by atoms with Crippen LogP contribution in [0.4, 0.5) is 10.2 Å². The van der Waals surface area contributed by atoms with Crippen LogP contribution in [0.15, 0.2) is 42.9 Å². The number of fused-ring (bicyclic) bond motifs is 1. The number of halogens is 1. The number of methoxy groups -OCH3 is 1. The molecule has 0 saturated carbocycles. The van der Waals surface area contributed by atoms with Gasteiger partial charge in [0.1, 0.15) is 5.82 Å². The monoisotopic (exact) mass is 325 g/mol. The molecule has 3 aromatic rings. The average molecular weight is 325 g/mol. The molecule has 0 aliphatic carbocycles. The minimum absolute atomic E-state index is 0.231. The third kappa shape index (κ3) is 2.58. The molecule has 122 valence electrons. The lowest BCUT2D eigenvalue weighted by atomic mass is 10.2. The first-order chi connectivity index (χ1) is 11.7. The second-order valence-electron chi connectivity index (χ2n) is 5.65. The summed E-state index contributed by atoms with van der Waals surface area (Å²) in [5.74, 6) is 1.01. The largest absolute Gasteiger partial charge is 0.478 e. The van der Waals surface area contributed by atoms with Crippen molar-refractivity contribution in [3.8, 4) is 5.88 Å². The van der Waals surface area contributed by atoms with Crippen LogP contribution in [0.1, 0.15) is 16.8 Å². The molecular weight excluding hydrogens is 309 g/mol. The minimum Gasteiger partial charge on any atom is -0.478 e. The first-order valence-corrected chi connectivity index (χ1v) is 7.62. The summed E-state index contributed by atoms with van der Waals surface area (Å²) in [6.07, 6.45) is 5.15. The molecular formula is C17H16FN5O. The summed E-state index contributed by atoms with van der Waals surface area (Å²) in [6, 6.07) is 6.50. The molecule has 1 aliphatic rings. The van der Waals surface area contributed by atoms with Crippen molar-refractivity contribution in [3.05, 3.63) is 65.5 Å². The van der Waals surface area contributed by atoms with Gasteiger partial charge in [-0.2, -0.15) is 5.10 Å². The van der Waals surface area contributed by atoms with Gasteiger partial charge in [-0.15, -0.1) is 0 Å². The molecule has 1 aliphatic heterocycles. The van der Waals surface area contributed by atoms with E-state index in [-0.39, 0.29) is 5.82 Å².